The molecule has 104 valence electrons. The van der Waals surface area contributed by atoms with Gasteiger partial charge >= 0.3 is 12.1 Å². The standard InChI is InChI=1S/C14H19NO4/c1-10(2)14(3,12(16)17)15-13(18)19-9-11-7-5-4-6-8-11/h4-8,10H,9H2,1-3H3,(H,15,18)(H,16,17)/t14-/m1/s1. The summed E-state index contributed by atoms with van der Waals surface area (Å²) in [6.45, 7) is 5.03. The topological polar surface area (TPSA) is 75.6 Å². The van der Waals surface area contributed by atoms with Crippen LogP contribution < -0.4 is 5.32 Å². The van der Waals surface area contributed by atoms with Gasteiger partial charge in [0.1, 0.15) is 12.1 Å². The van der Waals surface area contributed by atoms with Crippen LogP contribution in [0.25, 0.3) is 0 Å². The van der Waals surface area contributed by atoms with E-state index in [-0.39, 0.29) is 12.5 Å². The van der Waals surface area contributed by atoms with Gasteiger partial charge in [-0.15, -0.1) is 0 Å². The largest absolute Gasteiger partial charge is 0.480 e. The first-order chi connectivity index (χ1) is 8.86. The fraction of sp³-hybridized carbons (Fsp3) is 0.429. The van der Waals surface area contributed by atoms with Crippen molar-refractivity contribution in [2.75, 3.05) is 0 Å². The molecule has 0 fully saturated rings. The Bertz CT molecular complexity index is 444. The Morgan fingerprint density at radius 3 is 2.37 bits per heavy atom. The van der Waals surface area contributed by atoms with Crippen LogP contribution in [0.2, 0.25) is 0 Å². The Morgan fingerprint density at radius 1 is 1.32 bits per heavy atom. The molecular weight excluding hydrogens is 246 g/mol. The summed E-state index contributed by atoms with van der Waals surface area (Å²) in [5, 5.41) is 11.6. The molecule has 0 aromatic heterocycles. The van der Waals surface area contributed by atoms with E-state index in [1.807, 2.05) is 30.3 Å². The molecule has 0 aliphatic carbocycles. The number of alkyl carbamates (subject to hydrolysis) is 1. The maximum Gasteiger partial charge on any atom is 0.408 e. The molecule has 0 aliphatic heterocycles. The fourth-order valence-corrected chi connectivity index (χ4v) is 1.42. The molecule has 1 atom stereocenters. The highest BCUT2D eigenvalue weighted by molar-refractivity contribution is 5.84. The van der Waals surface area contributed by atoms with Gasteiger partial charge in [-0.25, -0.2) is 9.59 Å². The summed E-state index contributed by atoms with van der Waals surface area (Å²) in [5.41, 5.74) is -0.493. The zero-order chi connectivity index (χ0) is 14.5. The van der Waals surface area contributed by atoms with Gasteiger partial charge in [-0.1, -0.05) is 44.2 Å². The summed E-state index contributed by atoms with van der Waals surface area (Å²) in [4.78, 5) is 22.8. The molecule has 0 saturated heterocycles. The number of hydrogen-bond donors (Lipinski definition) is 2. The quantitative estimate of drug-likeness (QED) is 0.857. The zero-order valence-corrected chi connectivity index (χ0v) is 11.3. The molecule has 1 rings (SSSR count). The van der Waals surface area contributed by atoms with Crippen LogP contribution in [0, 0.1) is 5.92 Å². The molecule has 0 bridgehead atoms. The SMILES string of the molecule is CC(C)[C@@](C)(NC(=O)OCc1ccccc1)C(=O)O. The van der Waals surface area contributed by atoms with Crippen molar-refractivity contribution in [1.82, 2.24) is 5.32 Å². The van der Waals surface area contributed by atoms with E-state index in [2.05, 4.69) is 5.32 Å². The Labute approximate surface area is 112 Å². The molecule has 0 unspecified atom stereocenters. The van der Waals surface area contributed by atoms with Crippen molar-refractivity contribution in [2.45, 2.75) is 32.9 Å². The van der Waals surface area contributed by atoms with E-state index in [0.717, 1.165) is 5.56 Å². The van der Waals surface area contributed by atoms with Crippen LogP contribution >= 0.6 is 0 Å². The highest BCUT2D eigenvalue weighted by Crippen LogP contribution is 2.17. The second-order valence-corrected chi connectivity index (χ2v) is 4.85. The van der Waals surface area contributed by atoms with E-state index in [0.29, 0.717) is 0 Å². The molecule has 0 aliphatic rings. The fourth-order valence-electron chi connectivity index (χ4n) is 1.42. The summed E-state index contributed by atoms with van der Waals surface area (Å²) in [7, 11) is 0. The highest BCUT2D eigenvalue weighted by Gasteiger charge is 2.38. The van der Waals surface area contributed by atoms with Gasteiger partial charge in [0.15, 0.2) is 0 Å². The zero-order valence-electron chi connectivity index (χ0n) is 11.3. The van der Waals surface area contributed by atoms with Gasteiger partial charge < -0.3 is 15.2 Å². The molecule has 1 amide bonds. The van der Waals surface area contributed by atoms with E-state index in [4.69, 9.17) is 9.84 Å². The first-order valence-corrected chi connectivity index (χ1v) is 6.08. The number of aliphatic carboxylic acids is 1. The predicted octanol–water partition coefficient (Wildman–Crippen LogP) is 2.41. The average Bonchev–Trinajstić information content (AvgIpc) is 2.37. The number of nitrogens with one attached hydrogen (secondary N) is 1. The number of hydrogen-bond acceptors (Lipinski definition) is 3. The first-order valence-electron chi connectivity index (χ1n) is 6.08. The second-order valence-electron chi connectivity index (χ2n) is 4.85. The Kier molecular flexibility index (Phi) is 4.92. The molecule has 1 aromatic carbocycles. The molecule has 0 radical (unpaired) electrons. The lowest BCUT2D eigenvalue weighted by Gasteiger charge is -2.29. The molecule has 0 heterocycles. The second kappa shape index (κ2) is 6.22. The van der Waals surface area contributed by atoms with Crippen molar-refractivity contribution in [3.05, 3.63) is 35.9 Å². The van der Waals surface area contributed by atoms with Gasteiger partial charge in [0.2, 0.25) is 0 Å². The van der Waals surface area contributed by atoms with E-state index in [1.54, 1.807) is 13.8 Å². The monoisotopic (exact) mass is 265 g/mol. The van der Waals surface area contributed by atoms with Gasteiger partial charge in [0, 0.05) is 0 Å². The maximum absolute atomic E-state index is 11.6. The molecule has 0 spiro atoms. The Hall–Kier alpha value is -2.04. The van der Waals surface area contributed by atoms with Gasteiger partial charge in [-0.3, -0.25) is 0 Å². The van der Waals surface area contributed by atoms with E-state index >= 15 is 0 Å². The molecular formula is C14H19NO4. The van der Waals surface area contributed by atoms with Crippen molar-refractivity contribution in [3.63, 3.8) is 0 Å². The maximum atomic E-state index is 11.6. The first kappa shape index (κ1) is 15.0. The minimum Gasteiger partial charge on any atom is -0.480 e. The van der Waals surface area contributed by atoms with E-state index in [1.165, 1.54) is 6.92 Å². The normalized spacial score (nSPS) is 13.7. The molecule has 0 saturated carbocycles. The third kappa shape index (κ3) is 3.98. The number of amides is 1. The molecule has 19 heavy (non-hydrogen) atoms. The summed E-state index contributed by atoms with van der Waals surface area (Å²) in [6.07, 6.45) is -0.734. The van der Waals surface area contributed by atoms with E-state index in [9.17, 15) is 9.59 Å². The number of carbonyl (C=O) groups is 2. The minimum absolute atomic E-state index is 0.112. The number of benzene rings is 1. The van der Waals surface area contributed by atoms with Crippen LogP contribution in [0.5, 0.6) is 0 Å². The van der Waals surface area contributed by atoms with Crippen molar-refractivity contribution in [3.8, 4) is 0 Å². The van der Waals surface area contributed by atoms with Crippen LogP contribution in [0.1, 0.15) is 26.3 Å². The van der Waals surface area contributed by atoms with Crippen molar-refractivity contribution < 1.29 is 19.4 Å². The lowest BCUT2D eigenvalue weighted by Crippen LogP contribution is -2.55. The summed E-state index contributed by atoms with van der Waals surface area (Å²) >= 11 is 0. The Balaban J connectivity index is 2.57. The lowest BCUT2D eigenvalue weighted by molar-refractivity contribution is -0.145. The molecule has 1 aromatic rings. The third-order valence-electron chi connectivity index (χ3n) is 3.17. The van der Waals surface area contributed by atoms with Crippen molar-refractivity contribution in [1.29, 1.82) is 0 Å². The summed E-state index contributed by atoms with van der Waals surface area (Å²) < 4.78 is 5.01. The van der Waals surface area contributed by atoms with Gasteiger partial charge in [0.05, 0.1) is 0 Å². The predicted molar refractivity (Wildman–Crippen MR) is 70.6 cm³/mol. The average molecular weight is 265 g/mol. The van der Waals surface area contributed by atoms with Gasteiger partial charge in [-0.2, -0.15) is 0 Å². The summed E-state index contributed by atoms with van der Waals surface area (Å²) in [5.74, 6) is -1.34. The highest BCUT2D eigenvalue weighted by atomic mass is 16.5. The molecule has 2 N–H and O–H groups in total. The number of ether oxygens (including phenoxy) is 1. The van der Waals surface area contributed by atoms with Crippen LogP contribution in [0.3, 0.4) is 0 Å². The van der Waals surface area contributed by atoms with Crippen LogP contribution in [0.4, 0.5) is 4.79 Å². The van der Waals surface area contributed by atoms with Gasteiger partial charge in [0.25, 0.3) is 0 Å². The number of carboxylic acids is 1. The van der Waals surface area contributed by atoms with E-state index < -0.39 is 17.6 Å². The Morgan fingerprint density at radius 2 is 1.89 bits per heavy atom. The van der Waals surface area contributed by atoms with Gasteiger partial charge in [-0.05, 0) is 18.4 Å². The molecule has 5 nitrogen and oxygen atoms in total. The van der Waals surface area contributed by atoms with Crippen molar-refractivity contribution >= 4 is 12.1 Å². The number of carboxylic acid groups (broad SMARTS) is 1. The van der Waals surface area contributed by atoms with Crippen molar-refractivity contribution in [2.24, 2.45) is 5.92 Å². The third-order valence-corrected chi connectivity index (χ3v) is 3.17. The number of rotatable bonds is 5. The minimum atomic E-state index is -1.34. The van der Waals surface area contributed by atoms with Crippen LogP contribution in [-0.2, 0) is 16.1 Å². The van der Waals surface area contributed by atoms with Crippen LogP contribution in [0.15, 0.2) is 30.3 Å². The lowest BCUT2D eigenvalue weighted by atomic mass is 9.89. The number of carbonyl (C=O) groups excluding carboxylic acids is 1. The summed E-state index contributed by atoms with van der Waals surface area (Å²) in [6, 6.07) is 9.19. The van der Waals surface area contributed by atoms with Crippen LogP contribution in [-0.4, -0.2) is 22.7 Å². The smallest absolute Gasteiger partial charge is 0.408 e. The molecule has 5 heteroatoms.